The molecular weight excluding hydrogens is 386 g/mol. The minimum Gasteiger partial charge on any atom is -0.351 e. The third-order valence-electron chi connectivity index (χ3n) is 3.63. The van der Waals surface area contributed by atoms with Crippen molar-refractivity contribution in [2.75, 3.05) is 5.32 Å². The Hall–Kier alpha value is -2.44. The number of nitrogens with one attached hydrogen (secondary N) is 2. The van der Waals surface area contributed by atoms with Crippen molar-refractivity contribution in [3.8, 4) is 11.3 Å². The predicted molar refractivity (Wildman–Crippen MR) is 102 cm³/mol. The molecule has 2 aromatic carbocycles. The Morgan fingerprint density at radius 2 is 1.83 bits per heavy atom. The molecule has 0 bridgehead atoms. The van der Waals surface area contributed by atoms with E-state index < -0.39 is 0 Å². The fraction of sp³-hybridized carbons (Fsp3) is 0. The number of amides is 1. The molecule has 0 aliphatic carbocycles. The first kappa shape index (κ1) is 15.1. The SMILES string of the molecule is O=C(Nc1nc(-c2ccccc2)c(Br)s1)c1cc2ccccc2[nH]1. The van der Waals surface area contributed by atoms with Crippen LogP contribution in [0.15, 0.2) is 64.5 Å². The topological polar surface area (TPSA) is 57.8 Å². The highest BCUT2D eigenvalue weighted by molar-refractivity contribution is 9.11. The lowest BCUT2D eigenvalue weighted by molar-refractivity contribution is 0.102. The van der Waals surface area contributed by atoms with Crippen LogP contribution in [0, 0.1) is 0 Å². The van der Waals surface area contributed by atoms with Crippen LogP contribution in [0.25, 0.3) is 22.2 Å². The number of hydrogen-bond donors (Lipinski definition) is 2. The lowest BCUT2D eigenvalue weighted by Gasteiger charge is -1.98. The highest BCUT2D eigenvalue weighted by Crippen LogP contribution is 2.35. The molecule has 0 radical (unpaired) electrons. The van der Waals surface area contributed by atoms with E-state index in [9.17, 15) is 4.79 Å². The third kappa shape index (κ3) is 2.86. The monoisotopic (exact) mass is 397 g/mol. The van der Waals surface area contributed by atoms with Crippen molar-refractivity contribution in [3.63, 3.8) is 0 Å². The zero-order valence-electron chi connectivity index (χ0n) is 12.4. The van der Waals surface area contributed by atoms with Crippen LogP contribution in [0.3, 0.4) is 0 Å². The highest BCUT2D eigenvalue weighted by Gasteiger charge is 2.15. The number of carbonyl (C=O) groups is 1. The average Bonchev–Trinajstić information content (AvgIpc) is 3.19. The van der Waals surface area contributed by atoms with Gasteiger partial charge in [-0.3, -0.25) is 10.1 Å². The number of halogens is 1. The van der Waals surface area contributed by atoms with Crippen LogP contribution in [0.2, 0.25) is 0 Å². The number of rotatable bonds is 3. The maximum atomic E-state index is 12.4. The molecule has 2 heterocycles. The summed E-state index contributed by atoms with van der Waals surface area (Å²) < 4.78 is 0.889. The van der Waals surface area contributed by atoms with Gasteiger partial charge in [0, 0.05) is 16.5 Å². The van der Waals surface area contributed by atoms with Gasteiger partial charge in [-0.1, -0.05) is 59.9 Å². The van der Waals surface area contributed by atoms with Gasteiger partial charge in [0.05, 0.1) is 9.48 Å². The largest absolute Gasteiger partial charge is 0.351 e. The van der Waals surface area contributed by atoms with Crippen molar-refractivity contribution in [2.45, 2.75) is 0 Å². The first-order valence-electron chi connectivity index (χ1n) is 7.31. The van der Waals surface area contributed by atoms with Gasteiger partial charge in [-0.15, -0.1) is 0 Å². The van der Waals surface area contributed by atoms with E-state index in [0.29, 0.717) is 10.8 Å². The maximum Gasteiger partial charge on any atom is 0.273 e. The molecular formula is C18H12BrN3OS. The van der Waals surface area contributed by atoms with Gasteiger partial charge >= 0.3 is 0 Å². The summed E-state index contributed by atoms with van der Waals surface area (Å²) in [6.07, 6.45) is 0. The Bertz CT molecular complexity index is 990. The molecule has 0 unspecified atom stereocenters. The Morgan fingerprint density at radius 3 is 2.62 bits per heavy atom. The van der Waals surface area contributed by atoms with Gasteiger partial charge in [0.2, 0.25) is 0 Å². The Kier molecular flexibility index (Phi) is 3.92. The van der Waals surface area contributed by atoms with Gasteiger partial charge in [0.25, 0.3) is 5.91 Å². The van der Waals surface area contributed by atoms with Crippen molar-refractivity contribution in [1.82, 2.24) is 9.97 Å². The zero-order chi connectivity index (χ0) is 16.5. The lowest BCUT2D eigenvalue weighted by atomic mass is 10.2. The molecule has 4 nitrogen and oxygen atoms in total. The average molecular weight is 398 g/mol. The molecule has 0 aliphatic rings. The minimum atomic E-state index is -0.202. The smallest absolute Gasteiger partial charge is 0.273 e. The minimum absolute atomic E-state index is 0.202. The second-order valence-corrected chi connectivity index (χ2v) is 7.55. The first-order chi connectivity index (χ1) is 11.7. The number of aromatic nitrogens is 2. The summed E-state index contributed by atoms with van der Waals surface area (Å²) in [6, 6.07) is 19.5. The van der Waals surface area contributed by atoms with Crippen LogP contribution in [0.1, 0.15) is 10.5 Å². The first-order valence-corrected chi connectivity index (χ1v) is 8.92. The zero-order valence-corrected chi connectivity index (χ0v) is 14.8. The number of nitrogens with zero attached hydrogens (tertiary/aromatic N) is 1. The molecule has 4 rings (SSSR count). The summed E-state index contributed by atoms with van der Waals surface area (Å²) in [7, 11) is 0. The van der Waals surface area contributed by atoms with Crippen LogP contribution in [-0.4, -0.2) is 15.9 Å². The number of anilines is 1. The van der Waals surface area contributed by atoms with Crippen molar-refractivity contribution < 1.29 is 4.79 Å². The summed E-state index contributed by atoms with van der Waals surface area (Å²) in [4.78, 5) is 20.1. The van der Waals surface area contributed by atoms with Gasteiger partial charge in [-0.05, 0) is 28.1 Å². The van der Waals surface area contributed by atoms with Crippen LogP contribution in [0.4, 0.5) is 5.13 Å². The normalized spacial score (nSPS) is 10.9. The van der Waals surface area contributed by atoms with Crippen molar-refractivity contribution >= 4 is 49.2 Å². The molecule has 24 heavy (non-hydrogen) atoms. The molecule has 0 spiro atoms. The van der Waals surface area contributed by atoms with E-state index in [1.807, 2.05) is 60.7 Å². The fourth-order valence-electron chi connectivity index (χ4n) is 2.49. The van der Waals surface area contributed by atoms with Crippen LogP contribution < -0.4 is 5.32 Å². The number of benzene rings is 2. The quantitative estimate of drug-likeness (QED) is 0.492. The van der Waals surface area contributed by atoms with Gasteiger partial charge in [-0.2, -0.15) is 0 Å². The molecule has 0 saturated carbocycles. The highest BCUT2D eigenvalue weighted by atomic mass is 79.9. The molecule has 6 heteroatoms. The van der Waals surface area contributed by atoms with Crippen molar-refractivity contribution in [1.29, 1.82) is 0 Å². The molecule has 0 saturated heterocycles. The van der Waals surface area contributed by atoms with E-state index in [2.05, 4.69) is 31.2 Å². The molecule has 118 valence electrons. The van der Waals surface area contributed by atoms with E-state index in [1.165, 1.54) is 11.3 Å². The predicted octanol–water partition coefficient (Wildman–Crippen LogP) is 5.31. The second kappa shape index (κ2) is 6.22. The summed E-state index contributed by atoms with van der Waals surface area (Å²) in [6.45, 7) is 0. The summed E-state index contributed by atoms with van der Waals surface area (Å²) in [5.74, 6) is -0.202. The molecule has 4 aromatic rings. The number of carbonyl (C=O) groups excluding carboxylic acids is 1. The fourth-order valence-corrected chi connectivity index (χ4v) is 3.98. The second-order valence-electron chi connectivity index (χ2n) is 5.23. The van der Waals surface area contributed by atoms with Crippen LogP contribution in [-0.2, 0) is 0 Å². The van der Waals surface area contributed by atoms with Crippen LogP contribution >= 0.6 is 27.3 Å². The Labute approximate surface area is 150 Å². The van der Waals surface area contributed by atoms with E-state index in [4.69, 9.17) is 0 Å². The van der Waals surface area contributed by atoms with Gasteiger partial charge in [0.15, 0.2) is 5.13 Å². The van der Waals surface area contributed by atoms with Crippen molar-refractivity contribution in [3.05, 3.63) is 70.1 Å². The maximum absolute atomic E-state index is 12.4. The number of thiazole rings is 1. The standard InChI is InChI=1S/C18H12BrN3OS/c19-16-15(11-6-2-1-3-7-11)21-18(24-16)22-17(23)14-10-12-8-4-5-9-13(12)20-14/h1-10,20H,(H,21,22,23). The summed E-state index contributed by atoms with van der Waals surface area (Å²) in [5, 5.41) is 4.42. The Balaban J connectivity index is 1.60. The van der Waals surface area contributed by atoms with E-state index >= 15 is 0 Å². The summed E-state index contributed by atoms with van der Waals surface area (Å²) >= 11 is 4.92. The molecule has 2 aromatic heterocycles. The molecule has 2 N–H and O–H groups in total. The number of hydrogen-bond acceptors (Lipinski definition) is 3. The Morgan fingerprint density at radius 1 is 1.08 bits per heavy atom. The number of aromatic amines is 1. The molecule has 0 aliphatic heterocycles. The van der Waals surface area contributed by atoms with Crippen molar-refractivity contribution in [2.24, 2.45) is 0 Å². The number of para-hydroxylation sites is 1. The van der Waals surface area contributed by atoms with E-state index in [-0.39, 0.29) is 5.91 Å². The van der Waals surface area contributed by atoms with Gasteiger partial charge in [-0.25, -0.2) is 4.98 Å². The molecule has 0 atom stereocenters. The molecule has 0 fully saturated rings. The number of fused-ring (bicyclic) bond motifs is 1. The third-order valence-corrected chi connectivity index (χ3v) is 5.25. The molecule has 1 amide bonds. The van der Waals surface area contributed by atoms with E-state index in [1.54, 1.807) is 0 Å². The van der Waals surface area contributed by atoms with Gasteiger partial charge < -0.3 is 4.98 Å². The lowest BCUT2D eigenvalue weighted by Crippen LogP contribution is -2.11. The van der Waals surface area contributed by atoms with Gasteiger partial charge in [0.1, 0.15) is 5.69 Å². The van der Waals surface area contributed by atoms with E-state index in [0.717, 1.165) is 25.9 Å². The summed E-state index contributed by atoms with van der Waals surface area (Å²) in [5.41, 5.74) is 3.29. The number of H-pyrrole nitrogens is 1. The van der Waals surface area contributed by atoms with Crippen LogP contribution in [0.5, 0.6) is 0 Å².